The van der Waals surface area contributed by atoms with Gasteiger partial charge in [0.2, 0.25) is 0 Å². The topological polar surface area (TPSA) is 24.9 Å². The largest absolute Gasteiger partial charge is 0.380 e. The van der Waals surface area contributed by atoms with E-state index in [1.165, 1.54) is 22.3 Å². The van der Waals surface area contributed by atoms with Gasteiger partial charge in [-0.15, -0.1) is 0 Å². The van der Waals surface area contributed by atoms with Crippen molar-refractivity contribution in [3.05, 3.63) is 70.8 Å². The second-order valence-corrected chi connectivity index (χ2v) is 7.05. The molecule has 0 unspecified atom stereocenters. The van der Waals surface area contributed by atoms with Crippen molar-refractivity contribution in [2.24, 2.45) is 0 Å². The number of benzene rings is 2. The minimum atomic E-state index is 0.686. The number of ether oxygens (including phenoxy) is 2. The van der Waals surface area contributed by atoms with Gasteiger partial charge in [0.15, 0.2) is 0 Å². The summed E-state index contributed by atoms with van der Waals surface area (Å²) in [4.78, 5) is 5.09. The van der Waals surface area contributed by atoms with E-state index >= 15 is 0 Å². The average molecular weight is 354 g/mol. The molecular weight excluding hydrogens is 324 g/mol. The normalized spacial score (nSPS) is 16.1. The molecule has 140 valence electrons. The first-order valence-electron chi connectivity index (χ1n) is 9.35. The fourth-order valence-electron chi connectivity index (χ4n) is 3.44. The molecule has 1 aliphatic rings. The number of hydrogen-bond acceptors (Lipinski definition) is 4. The number of rotatable bonds is 8. The Labute approximate surface area is 157 Å². The van der Waals surface area contributed by atoms with Crippen molar-refractivity contribution >= 4 is 0 Å². The fraction of sp³-hybridized carbons (Fsp3) is 0.455. The Kier molecular flexibility index (Phi) is 7.21. The SMILES string of the molecule is COCc1ccc(CN2CCN(Cc3ccc(COC)cc3)CC2)cc1. The highest BCUT2D eigenvalue weighted by atomic mass is 16.5. The summed E-state index contributed by atoms with van der Waals surface area (Å²) < 4.78 is 10.3. The Hall–Kier alpha value is -1.72. The summed E-state index contributed by atoms with van der Waals surface area (Å²) in [5, 5.41) is 0. The minimum Gasteiger partial charge on any atom is -0.380 e. The highest BCUT2D eigenvalue weighted by Crippen LogP contribution is 2.13. The van der Waals surface area contributed by atoms with Gasteiger partial charge in [-0.1, -0.05) is 48.5 Å². The number of methoxy groups -OCH3 is 2. The summed E-state index contributed by atoms with van der Waals surface area (Å²) in [5.74, 6) is 0. The highest BCUT2D eigenvalue weighted by molar-refractivity contribution is 5.23. The van der Waals surface area contributed by atoms with Crippen LogP contribution in [-0.2, 0) is 35.8 Å². The third-order valence-electron chi connectivity index (χ3n) is 4.95. The Morgan fingerprint density at radius 3 is 1.19 bits per heavy atom. The predicted molar refractivity (Wildman–Crippen MR) is 105 cm³/mol. The van der Waals surface area contributed by atoms with Crippen LogP contribution >= 0.6 is 0 Å². The summed E-state index contributed by atoms with van der Waals surface area (Å²) in [6.07, 6.45) is 0. The molecule has 0 saturated carbocycles. The van der Waals surface area contributed by atoms with Crippen LogP contribution in [0.3, 0.4) is 0 Å². The Morgan fingerprint density at radius 1 is 0.577 bits per heavy atom. The van der Waals surface area contributed by atoms with E-state index in [2.05, 4.69) is 58.3 Å². The zero-order valence-electron chi connectivity index (χ0n) is 16.0. The smallest absolute Gasteiger partial charge is 0.0713 e. The molecule has 26 heavy (non-hydrogen) atoms. The molecule has 3 rings (SSSR count). The first kappa shape index (κ1) is 19.1. The Balaban J connectivity index is 1.43. The van der Waals surface area contributed by atoms with E-state index in [9.17, 15) is 0 Å². The van der Waals surface area contributed by atoms with Crippen LogP contribution in [0, 0.1) is 0 Å². The lowest BCUT2D eigenvalue weighted by Crippen LogP contribution is -2.45. The molecule has 0 amide bonds. The van der Waals surface area contributed by atoms with E-state index in [4.69, 9.17) is 9.47 Å². The van der Waals surface area contributed by atoms with Gasteiger partial charge < -0.3 is 9.47 Å². The summed E-state index contributed by atoms with van der Waals surface area (Å²) in [5.41, 5.74) is 5.23. The molecule has 1 fully saturated rings. The summed E-state index contributed by atoms with van der Waals surface area (Å²) in [6, 6.07) is 17.6. The van der Waals surface area contributed by atoms with Gasteiger partial charge in [-0.3, -0.25) is 9.80 Å². The van der Waals surface area contributed by atoms with E-state index in [1.54, 1.807) is 14.2 Å². The molecular formula is C22H30N2O2. The van der Waals surface area contributed by atoms with Crippen molar-refractivity contribution in [1.29, 1.82) is 0 Å². The van der Waals surface area contributed by atoms with Crippen LogP contribution in [0.5, 0.6) is 0 Å². The maximum Gasteiger partial charge on any atom is 0.0713 e. The van der Waals surface area contributed by atoms with Gasteiger partial charge >= 0.3 is 0 Å². The minimum absolute atomic E-state index is 0.686. The zero-order valence-corrected chi connectivity index (χ0v) is 16.0. The monoisotopic (exact) mass is 354 g/mol. The molecule has 2 aromatic carbocycles. The van der Waals surface area contributed by atoms with Gasteiger partial charge in [-0.05, 0) is 22.3 Å². The molecule has 0 N–H and O–H groups in total. The van der Waals surface area contributed by atoms with Crippen molar-refractivity contribution < 1.29 is 9.47 Å². The van der Waals surface area contributed by atoms with Gasteiger partial charge in [0.05, 0.1) is 13.2 Å². The molecule has 0 aliphatic carbocycles. The van der Waals surface area contributed by atoms with Crippen molar-refractivity contribution in [3.8, 4) is 0 Å². The van der Waals surface area contributed by atoms with Gasteiger partial charge in [0, 0.05) is 53.5 Å². The van der Waals surface area contributed by atoms with Crippen LogP contribution in [-0.4, -0.2) is 50.2 Å². The number of hydrogen-bond donors (Lipinski definition) is 0. The molecule has 1 aliphatic heterocycles. The second kappa shape index (κ2) is 9.83. The molecule has 4 heteroatoms. The summed E-state index contributed by atoms with van der Waals surface area (Å²) in [6.45, 7) is 7.95. The molecule has 1 saturated heterocycles. The van der Waals surface area contributed by atoms with Crippen LogP contribution in [0.2, 0.25) is 0 Å². The fourth-order valence-corrected chi connectivity index (χ4v) is 3.44. The van der Waals surface area contributed by atoms with E-state index in [0.29, 0.717) is 13.2 Å². The molecule has 0 atom stereocenters. The zero-order chi connectivity index (χ0) is 18.2. The molecule has 0 aromatic heterocycles. The van der Waals surface area contributed by atoms with E-state index < -0.39 is 0 Å². The van der Waals surface area contributed by atoms with E-state index in [1.807, 2.05) is 0 Å². The van der Waals surface area contributed by atoms with E-state index in [-0.39, 0.29) is 0 Å². The molecule has 0 radical (unpaired) electrons. The van der Waals surface area contributed by atoms with Crippen molar-refractivity contribution in [2.75, 3.05) is 40.4 Å². The van der Waals surface area contributed by atoms with Gasteiger partial charge in [0.25, 0.3) is 0 Å². The lowest BCUT2D eigenvalue weighted by molar-refractivity contribution is 0.122. The number of nitrogens with zero attached hydrogens (tertiary/aromatic N) is 2. The lowest BCUT2D eigenvalue weighted by atomic mass is 10.1. The molecule has 0 spiro atoms. The van der Waals surface area contributed by atoms with Crippen molar-refractivity contribution in [1.82, 2.24) is 9.80 Å². The molecule has 4 nitrogen and oxygen atoms in total. The molecule has 1 heterocycles. The quantitative estimate of drug-likeness (QED) is 0.726. The molecule has 2 aromatic rings. The first-order chi connectivity index (χ1) is 12.8. The third-order valence-corrected chi connectivity index (χ3v) is 4.95. The highest BCUT2D eigenvalue weighted by Gasteiger charge is 2.17. The maximum absolute atomic E-state index is 5.17. The van der Waals surface area contributed by atoms with Crippen LogP contribution in [0.25, 0.3) is 0 Å². The van der Waals surface area contributed by atoms with Crippen LogP contribution in [0.15, 0.2) is 48.5 Å². The van der Waals surface area contributed by atoms with E-state index in [0.717, 1.165) is 39.3 Å². The number of piperazine rings is 1. The van der Waals surface area contributed by atoms with Crippen molar-refractivity contribution in [3.63, 3.8) is 0 Å². The molecule has 0 bridgehead atoms. The predicted octanol–water partition coefficient (Wildman–Crippen LogP) is 3.30. The van der Waals surface area contributed by atoms with Gasteiger partial charge in [0.1, 0.15) is 0 Å². The Morgan fingerprint density at radius 2 is 0.885 bits per heavy atom. The average Bonchev–Trinajstić information content (AvgIpc) is 2.67. The second-order valence-electron chi connectivity index (χ2n) is 7.05. The van der Waals surface area contributed by atoms with Crippen LogP contribution in [0.1, 0.15) is 22.3 Å². The van der Waals surface area contributed by atoms with Crippen LogP contribution in [0.4, 0.5) is 0 Å². The maximum atomic E-state index is 5.17. The Bertz CT molecular complexity index is 587. The van der Waals surface area contributed by atoms with Gasteiger partial charge in [-0.25, -0.2) is 0 Å². The van der Waals surface area contributed by atoms with Crippen LogP contribution < -0.4 is 0 Å². The first-order valence-corrected chi connectivity index (χ1v) is 9.35. The van der Waals surface area contributed by atoms with Crippen molar-refractivity contribution in [2.45, 2.75) is 26.3 Å². The standard InChI is InChI=1S/C22H30N2O2/c1-25-17-21-7-3-19(4-8-21)15-23-11-13-24(14-12-23)16-20-5-9-22(10-6-20)18-26-2/h3-10H,11-18H2,1-2H3. The lowest BCUT2D eigenvalue weighted by Gasteiger charge is -2.34. The summed E-state index contributed by atoms with van der Waals surface area (Å²) >= 11 is 0. The van der Waals surface area contributed by atoms with Gasteiger partial charge in [-0.2, -0.15) is 0 Å². The third kappa shape index (κ3) is 5.64. The summed E-state index contributed by atoms with van der Waals surface area (Å²) in [7, 11) is 3.47.